The summed E-state index contributed by atoms with van der Waals surface area (Å²) < 4.78 is 5.61. The number of hydrogen-bond donors (Lipinski definition) is 1. The largest absolute Gasteiger partial charge is 0.449 e. The van der Waals surface area contributed by atoms with Crippen LogP contribution in [-0.4, -0.2) is 36.6 Å². The maximum atomic E-state index is 12.4. The van der Waals surface area contributed by atoms with Gasteiger partial charge in [0, 0.05) is 28.9 Å². The fraction of sp³-hybridized carbons (Fsp3) is 0.458. The molecule has 0 saturated heterocycles. The maximum absolute atomic E-state index is 12.4. The number of ether oxygens (including phenoxy) is 1. The van der Waals surface area contributed by atoms with Crippen LogP contribution in [-0.2, 0) is 22.4 Å². The summed E-state index contributed by atoms with van der Waals surface area (Å²) in [6, 6.07) is 6.45. The predicted octanol–water partition coefficient (Wildman–Crippen LogP) is 5.45. The van der Waals surface area contributed by atoms with Gasteiger partial charge in [0.2, 0.25) is 5.91 Å². The summed E-state index contributed by atoms with van der Waals surface area (Å²) in [6.45, 7) is 0.389. The molecule has 1 saturated carbocycles. The van der Waals surface area contributed by atoms with Crippen LogP contribution in [0.1, 0.15) is 53.0 Å². The molecule has 2 heterocycles. The zero-order valence-corrected chi connectivity index (χ0v) is 19.8. The predicted molar refractivity (Wildman–Crippen MR) is 128 cm³/mol. The van der Waals surface area contributed by atoms with Crippen LogP contribution in [0, 0.1) is 17.2 Å². The molecule has 0 bridgehead atoms. The molecule has 1 unspecified atom stereocenters. The van der Waals surface area contributed by atoms with Crippen molar-refractivity contribution in [1.29, 1.82) is 5.26 Å². The van der Waals surface area contributed by atoms with E-state index in [9.17, 15) is 14.9 Å². The molecule has 0 aliphatic heterocycles. The second kappa shape index (κ2) is 10.3. The molecular formula is C24H27N3O3S2. The highest BCUT2D eigenvalue weighted by Crippen LogP contribution is 2.39. The van der Waals surface area contributed by atoms with Crippen LogP contribution in [0.5, 0.6) is 0 Å². The molecule has 1 atom stereocenters. The number of amides is 2. The summed E-state index contributed by atoms with van der Waals surface area (Å²) >= 11 is 3.03. The third kappa shape index (κ3) is 5.22. The summed E-state index contributed by atoms with van der Waals surface area (Å²) in [4.78, 5) is 28.6. The number of anilines is 1. The molecule has 168 valence electrons. The minimum atomic E-state index is -0.242. The fourth-order valence-electron chi connectivity index (χ4n) is 4.43. The highest BCUT2D eigenvalue weighted by molar-refractivity contribution is 7.16. The summed E-state index contributed by atoms with van der Waals surface area (Å²) in [5, 5.41) is 15.1. The standard InChI is InChI=1S/C24H27N3O3S2/c1-27(17-5-2-3-6-17)24(29)30-15-16-8-10-19-20(14-25)23(32-21(19)13-16)26-22(28)11-9-18-7-4-12-31-18/h4,7,9,11-12,16-17H,2-3,5-6,8,10,13,15H2,1H3,(H,26,28). The van der Waals surface area contributed by atoms with Crippen molar-refractivity contribution in [1.82, 2.24) is 4.90 Å². The van der Waals surface area contributed by atoms with Crippen LogP contribution in [0.15, 0.2) is 23.6 Å². The van der Waals surface area contributed by atoms with Gasteiger partial charge in [0.1, 0.15) is 11.1 Å². The Morgan fingerprint density at radius 1 is 1.34 bits per heavy atom. The first-order valence-electron chi connectivity index (χ1n) is 11.0. The van der Waals surface area contributed by atoms with E-state index in [1.165, 1.54) is 30.3 Å². The van der Waals surface area contributed by atoms with Gasteiger partial charge in [-0.2, -0.15) is 5.26 Å². The van der Waals surface area contributed by atoms with E-state index in [0.717, 1.165) is 47.4 Å². The quantitative estimate of drug-likeness (QED) is 0.571. The van der Waals surface area contributed by atoms with Gasteiger partial charge >= 0.3 is 6.09 Å². The lowest BCUT2D eigenvalue weighted by molar-refractivity contribution is -0.111. The van der Waals surface area contributed by atoms with E-state index < -0.39 is 0 Å². The second-order valence-electron chi connectivity index (χ2n) is 8.39. The number of nitriles is 1. The molecule has 1 N–H and O–H groups in total. The van der Waals surface area contributed by atoms with Crippen LogP contribution in [0.25, 0.3) is 6.08 Å². The minimum absolute atomic E-state index is 0.232. The fourth-order valence-corrected chi connectivity index (χ4v) is 6.37. The minimum Gasteiger partial charge on any atom is -0.449 e. The molecule has 0 spiro atoms. The molecule has 6 nitrogen and oxygen atoms in total. The molecule has 0 aromatic carbocycles. The normalized spacial score (nSPS) is 18.3. The van der Waals surface area contributed by atoms with Crippen molar-refractivity contribution >= 4 is 45.8 Å². The molecule has 2 aliphatic rings. The molecule has 32 heavy (non-hydrogen) atoms. The number of nitrogens with zero attached hydrogens (tertiary/aromatic N) is 2. The highest BCUT2D eigenvalue weighted by atomic mass is 32.1. The first kappa shape index (κ1) is 22.6. The number of rotatable bonds is 6. The third-order valence-corrected chi connectivity index (χ3v) is 8.27. The number of carbonyl (C=O) groups is 2. The van der Waals surface area contributed by atoms with E-state index in [-0.39, 0.29) is 17.9 Å². The van der Waals surface area contributed by atoms with Crippen LogP contribution in [0.4, 0.5) is 9.80 Å². The number of thiophene rings is 2. The van der Waals surface area contributed by atoms with E-state index in [1.54, 1.807) is 22.3 Å². The third-order valence-electron chi connectivity index (χ3n) is 6.26. The number of fused-ring (bicyclic) bond motifs is 1. The maximum Gasteiger partial charge on any atom is 0.409 e. The number of hydrogen-bond acceptors (Lipinski definition) is 6. The topological polar surface area (TPSA) is 82.4 Å². The first-order valence-corrected chi connectivity index (χ1v) is 12.7. The average molecular weight is 470 g/mol. The average Bonchev–Trinajstić information content (AvgIpc) is 3.56. The van der Waals surface area contributed by atoms with E-state index in [1.807, 2.05) is 24.6 Å². The van der Waals surface area contributed by atoms with Gasteiger partial charge < -0.3 is 15.0 Å². The second-order valence-corrected chi connectivity index (χ2v) is 10.5. The smallest absolute Gasteiger partial charge is 0.409 e. The van der Waals surface area contributed by atoms with E-state index in [2.05, 4.69) is 11.4 Å². The van der Waals surface area contributed by atoms with Gasteiger partial charge in [-0.3, -0.25) is 4.79 Å². The van der Waals surface area contributed by atoms with Gasteiger partial charge in [-0.1, -0.05) is 18.9 Å². The molecule has 2 aliphatic carbocycles. The lowest BCUT2D eigenvalue weighted by Crippen LogP contribution is -2.36. The van der Waals surface area contributed by atoms with Gasteiger partial charge in [-0.05, 0) is 61.1 Å². The number of carbonyl (C=O) groups excluding carboxylic acids is 2. The lowest BCUT2D eigenvalue weighted by Gasteiger charge is -2.26. The lowest BCUT2D eigenvalue weighted by atomic mass is 9.88. The summed E-state index contributed by atoms with van der Waals surface area (Å²) in [6.07, 6.45) is 9.88. The Hall–Kier alpha value is -2.63. The Labute approximate surface area is 196 Å². The van der Waals surface area contributed by atoms with E-state index in [4.69, 9.17) is 4.74 Å². The van der Waals surface area contributed by atoms with Crippen molar-refractivity contribution in [2.45, 2.75) is 51.0 Å². The summed E-state index contributed by atoms with van der Waals surface area (Å²) in [5.74, 6) is -0.00942. The monoisotopic (exact) mass is 469 g/mol. The van der Waals surface area contributed by atoms with Crippen LogP contribution in [0.3, 0.4) is 0 Å². The first-order chi connectivity index (χ1) is 15.5. The van der Waals surface area contributed by atoms with Crippen molar-refractivity contribution in [3.8, 4) is 6.07 Å². The Bertz CT molecular complexity index is 1030. The van der Waals surface area contributed by atoms with E-state index >= 15 is 0 Å². The molecule has 1 fully saturated rings. The molecule has 0 radical (unpaired) electrons. The van der Waals surface area contributed by atoms with Crippen molar-refractivity contribution in [3.05, 3.63) is 44.5 Å². The molecule has 2 aromatic heterocycles. The van der Waals surface area contributed by atoms with Gasteiger partial charge in [0.15, 0.2) is 0 Å². The van der Waals surface area contributed by atoms with Crippen molar-refractivity contribution in [2.75, 3.05) is 19.0 Å². The SMILES string of the molecule is CN(C(=O)OCC1CCc2c(sc(NC(=O)C=Cc3cccs3)c2C#N)C1)C1CCCC1. The zero-order chi connectivity index (χ0) is 22.5. The van der Waals surface area contributed by atoms with Gasteiger partial charge in [0.05, 0.1) is 12.2 Å². The molecule has 2 aromatic rings. The van der Waals surface area contributed by atoms with E-state index in [0.29, 0.717) is 23.2 Å². The summed E-state index contributed by atoms with van der Waals surface area (Å²) in [7, 11) is 1.83. The molecule has 2 amide bonds. The van der Waals surface area contributed by atoms with Gasteiger partial charge in [-0.15, -0.1) is 22.7 Å². The highest BCUT2D eigenvalue weighted by Gasteiger charge is 2.29. The summed E-state index contributed by atoms with van der Waals surface area (Å²) in [5.41, 5.74) is 1.60. The van der Waals surface area contributed by atoms with Gasteiger partial charge in [-0.25, -0.2) is 4.79 Å². The van der Waals surface area contributed by atoms with Crippen molar-refractivity contribution in [2.24, 2.45) is 5.92 Å². The molecule has 8 heteroatoms. The Kier molecular flexibility index (Phi) is 7.28. The van der Waals surface area contributed by atoms with Crippen LogP contribution >= 0.6 is 22.7 Å². The Morgan fingerprint density at radius 3 is 2.88 bits per heavy atom. The molecular weight excluding hydrogens is 442 g/mol. The zero-order valence-electron chi connectivity index (χ0n) is 18.1. The van der Waals surface area contributed by atoms with Crippen molar-refractivity contribution < 1.29 is 14.3 Å². The van der Waals surface area contributed by atoms with Crippen LogP contribution in [0.2, 0.25) is 0 Å². The molecule has 4 rings (SSSR count). The Morgan fingerprint density at radius 2 is 2.16 bits per heavy atom. The van der Waals surface area contributed by atoms with Gasteiger partial charge in [0.25, 0.3) is 0 Å². The Balaban J connectivity index is 1.35. The van der Waals surface area contributed by atoms with Crippen LogP contribution < -0.4 is 5.32 Å². The van der Waals surface area contributed by atoms with Crippen molar-refractivity contribution in [3.63, 3.8) is 0 Å². The number of nitrogens with one attached hydrogen (secondary N) is 1.